The van der Waals surface area contributed by atoms with Crippen LogP contribution >= 0.6 is 11.3 Å². The maximum atomic E-state index is 12.3. The van der Waals surface area contributed by atoms with Crippen LogP contribution < -0.4 is 5.43 Å². The molecular weight excluding hydrogens is 288 g/mol. The van der Waals surface area contributed by atoms with Crippen molar-refractivity contribution in [3.8, 4) is 11.3 Å². The number of hydrogen-bond donors (Lipinski definition) is 1. The molecule has 3 rings (SSSR count). The van der Waals surface area contributed by atoms with E-state index in [1.807, 2.05) is 23.8 Å². The van der Waals surface area contributed by atoms with Gasteiger partial charge in [0.1, 0.15) is 11.3 Å². The first kappa shape index (κ1) is 13.6. The van der Waals surface area contributed by atoms with E-state index in [0.717, 1.165) is 11.1 Å². The van der Waals surface area contributed by atoms with E-state index in [0.29, 0.717) is 22.3 Å². The number of carbonyl (C=O) groups is 1. The quantitative estimate of drug-likeness (QED) is 0.804. The average Bonchev–Trinajstić information content (AvgIpc) is 2.93. The fourth-order valence-corrected chi connectivity index (χ4v) is 2.97. The maximum absolute atomic E-state index is 12.3. The molecule has 4 nitrogen and oxygen atoms in total. The minimum atomic E-state index is -0.953. The first-order valence-corrected chi connectivity index (χ1v) is 7.30. The van der Waals surface area contributed by atoms with Gasteiger partial charge in [0.2, 0.25) is 0 Å². The number of rotatable bonds is 3. The van der Waals surface area contributed by atoms with Crippen LogP contribution in [0.4, 0.5) is 0 Å². The Morgan fingerprint density at radius 3 is 2.81 bits per heavy atom. The molecule has 0 bridgehead atoms. The monoisotopic (exact) mass is 300 g/mol. The van der Waals surface area contributed by atoms with Crippen molar-refractivity contribution in [2.24, 2.45) is 0 Å². The number of aryl methyl sites for hydroxylation is 1. The smallest absolute Gasteiger partial charge is 0.307 e. The van der Waals surface area contributed by atoms with Crippen LogP contribution in [-0.4, -0.2) is 11.1 Å². The molecule has 0 saturated carbocycles. The summed E-state index contributed by atoms with van der Waals surface area (Å²) in [5.41, 5.74) is 2.38. The van der Waals surface area contributed by atoms with Gasteiger partial charge in [-0.05, 0) is 30.0 Å². The zero-order valence-corrected chi connectivity index (χ0v) is 12.1. The lowest BCUT2D eigenvalue weighted by Crippen LogP contribution is -2.06. The number of aliphatic carboxylic acids is 1. The molecule has 5 heteroatoms. The fourth-order valence-electron chi connectivity index (χ4n) is 2.33. The van der Waals surface area contributed by atoms with Crippen molar-refractivity contribution in [2.75, 3.05) is 0 Å². The topological polar surface area (TPSA) is 67.5 Å². The molecule has 3 aromatic rings. The highest BCUT2D eigenvalue weighted by Crippen LogP contribution is 2.27. The summed E-state index contributed by atoms with van der Waals surface area (Å²) in [5, 5.41) is 13.2. The molecule has 0 atom stereocenters. The number of hydrogen-bond acceptors (Lipinski definition) is 4. The van der Waals surface area contributed by atoms with Crippen molar-refractivity contribution in [1.29, 1.82) is 0 Å². The lowest BCUT2D eigenvalue weighted by Gasteiger charge is -2.07. The molecule has 0 spiro atoms. The highest BCUT2D eigenvalue weighted by atomic mass is 32.1. The normalized spacial score (nSPS) is 10.9. The summed E-state index contributed by atoms with van der Waals surface area (Å²) in [6.07, 6.45) is -0.172. The van der Waals surface area contributed by atoms with Crippen LogP contribution in [0, 0.1) is 6.92 Å². The van der Waals surface area contributed by atoms with Crippen LogP contribution in [0.3, 0.4) is 0 Å². The van der Waals surface area contributed by atoms with E-state index in [9.17, 15) is 9.59 Å². The van der Waals surface area contributed by atoms with E-state index in [1.165, 1.54) is 17.4 Å². The van der Waals surface area contributed by atoms with Crippen molar-refractivity contribution in [3.63, 3.8) is 0 Å². The summed E-state index contributed by atoms with van der Waals surface area (Å²) in [5.74, 6) is -0.491. The van der Waals surface area contributed by atoms with Crippen LogP contribution in [0.25, 0.3) is 22.3 Å². The third-order valence-corrected chi connectivity index (χ3v) is 3.88. The van der Waals surface area contributed by atoms with Gasteiger partial charge in [-0.1, -0.05) is 6.07 Å². The van der Waals surface area contributed by atoms with Crippen LogP contribution in [0.15, 0.2) is 44.2 Å². The maximum Gasteiger partial charge on any atom is 0.307 e. The zero-order valence-electron chi connectivity index (χ0n) is 11.3. The van der Waals surface area contributed by atoms with Crippen molar-refractivity contribution >= 4 is 28.3 Å². The predicted octanol–water partition coefficient (Wildman–Crippen LogP) is 3.46. The molecule has 2 aromatic heterocycles. The predicted molar refractivity (Wildman–Crippen MR) is 81.9 cm³/mol. The summed E-state index contributed by atoms with van der Waals surface area (Å²) < 4.78 is 5.82. The van der Waals surface area contributed by atoms with Crippen molar-refractivity contribution in [1.82, 2.24) is 0 Å². The minimum absolute atomic E-state index is 0.159. The van der Waals surface area contributed by atoms with Gasteiger partial charge in [0, 0.05) is 22.6 Å². The highest BCUT2D eigenvalue weighted by Gasteiger charge is 2.13. The van der Waals surface area contributed by atoms with Crippen LogP contribution in [0.2, 0.25) is 0 Å². The lowest BCUT2D eigenvalue weighted by molar-refractivity contribution is -0.136. The lowest BCUT2D eigenvalue weighted by atomic mass is 10.0. The first-order chi connectivity index (χ1) is 10.0. The second-order valence-corrected chi connectivity index (χ2v) is 5.64. The molecule has 0 radical (unpaired) electrons. The molecule has 0 amide bonds. The molecule has 0 aliphatic rings. The summed E-state index contributed by atoms with van der Waals surface area (Å²) in [6.45, 7) is 1.83. The summed E-state index contributed by atoms with van der Waals surface area (Å²) in [7, 11) is 0. The number of carboxylic acid groups (broad SMARTS) is 1. The van der Waals surface area contributed by atoms with E-state index in [1.54, 1.807) is 12.1 Å². The number of fused-ring (bicyclic) bond motifs is 1. The summed E-state index contributed by atoms with van der Waals surface area (Å²) in [4.78, 5) is 23.3. The van der Waals surface area contributed by atoms with Crippen molar-refractivity contribution in [3.05, 3.63) is 56.4 Å². The van der Waals surface area contributed by atoms with Crippen molar-refractivity contribution in [2.45, 2.75) is 13.3 Å². The van der Waals surface area contributed by atoms with Gasteiger partial charge >= 0.3 is 5.97 Å². The van der Waals surface area contributed by atoms with Crippen LogP contribution in [0.5, 0.6) is 0 Å². The van der Waals surface area contributed by atoms with E-state index in [-0.39, 0.29) is 11.8 Å². The highest BCUT2D eigenvalue weighted by molar-refractivity contribution is 7.08. The number of carboxylic acids is 1. The molecule has 106 valence electrons. The van der Waals surface area contributed by atoms with Gasteiger partial charge in [-0.25, -0.2) is 0 Å². The van der Waals surface area contributed by atoms with E-state index >= 15 is 0 Å². The summed E-state index contributed by atoms with van der Waals surface area (Å²) >= 11 is 1.51. The largest absolute Gasteiger partial charge is 0.481 e. The van der Waals surface area contributed by atoms with E-state index < -0.39 is 5.97 Å². The fraction of sp³-hybridized carbons (Fsp3) is 0.125. The number of benzene rings is 1. The Labute approximate surface area is 124 Å². The van der Waals surface area contributed by atoms with Gasteiger partial charge in [-0.3, -0.25) is 9.59 Å². The Balaban J connectivity index is 2.31. The first-order valence-electron chi connectivity index (χ1n) is 6.36. The second-order valence-electron chi connectivity index (χ2n) is 4.86. The second kappa shape index (κ2) is 5.18. The molecule has 1 aromatic carbocycles. The Kier molecular flexibility index (Phi) is 3.35. The molecular formula is C16H12O4S. The molecule has 21 heavy (non-hydrogen) atoms. The third kappa shape index (κ3) is 2.60. The minimum Gasteiger partial charge on any atom is -0.481 e. The van der Waals surface area contributed by atoms with Gasteiger partial charge in [0.15, 0.2) is 5.43 Å². The van der Waals surface area contributed by atoms with Gasteiger partial charge < -0.3 is 9.52 Å². The van der Waals surface area contributed by atoms with Crippen LogP contribution in [0.1, 0.15) is 11.1 Å². The average molecular weight is 300 g/mol. The Morgan fingerprint density at radius 2 is 2.14 bits per heavy atom. The Bertz CT molecular complexity index is 875. The molecule has 0 saturated heterocycles. The molecule has 0 aliphatic carbocycles. The SMILES string of the molecule is Cc1cc(CC(=O)O)c2oc(-c3ccsc3)cc(=O)c2c1. The third-order valence-electron chi connectivity index (χ3n) is 3.20. The molecule has 0 aliphatic heterocycles. The number of thiophene rings is 1. The molecule has 0 fully saturated rings. The molecule has 1 N–H and O–H groups in total. The van der Waals surface area contributed by atoms with Gasteiger partial charge in [-0.15, -0.1) is 0 Å². The van der Waals surface area contributed by atoms with Gasteiger partial charge in [-0.2, -0.15) is 11.3 Å². The standard InChI is InChI=1S/C16H12O4S/c1-9-4-11(6-15(18)19)16-12(5-9)13(17)7-14(20-16)10-2-3-21-8-10/h2-5,7-8H,6H2,1H3,(H,18,19). The Morgan fingerprint density at radius 1 is 1.33 bits per heavy atom. The van der Waals surface area contributed by atoms with Gasteiger partial charge in [0.25, 0.3) is 0 Å². The summed E-state index contributed by atoms with van der Waals surface area (Å²) in [6, 6.07) is 6.79. The Hall–Kier alpha value is -2.40. The zero-order chi connectivity index (χ0) is 15.0. The molecule has 2 heterocycles. The van der Waals surface area contributed by atoms with Crippen molar-refractivity contribution < 1.29 is 14.3 Å². The molecule has 0 unspecified atom stereocenters. The van der Waals surface area contributed by atoms with Crippen LogP contribution in [-0.2, 0) is 11.2 Å². The van der Waals surface area contributed by atoms with E-state index in [2.05, 4.69) is 0 Å². The van der Waals surface area contributed by atoms with E-state index in [4.69, 9.17) is 9.52 Å². The van der Waals surface area contributed by atoms with Gasteiger partial charge in [0.05, 0.1) is 11.8 Å².